The number of hydrogen-bond donors (Lipinski definition) is 9. The van der Waals surface area contributed by atoms with E-state index in [1.54, 1.807) is 89.2 Å². The molecule has 0 unspecified atom stereocenters. The summed E-state index contributed by atoms with van der Waals surface area (Å²) in [7, 11) is 0. The zero-order valence-electron chi connectivity index (χ0n) is 62.0. The number of benzene rings is 2. The molecule has 8 aromatic heterocycles. The van der Waals surface area contributed by atoms with Gasteiger partial charge in [-0.3, -0.25) is 37.7 Å². The number of aliphatic hydroxyl groups excluding tert-OH is 4. The summed E-state index contributed by atoms with van der Waals surface area (Å²) in [6.07, 6.45) is -12.6. The van der Waals surface area contributed by atoms with Crippen LogP contribution in [0, 0.1) is 17.8 Å². The minimum Gasteiger partial charge on any atom is -0.457 e. The van der Waals surface area contributed by atoms with Crippen LogP contribution in [0.15, 0.2) is 111 Å². The second kappa shape index (κ2) is 35.4. The molecule has 36 nitrogen and oxygen atoms in total. The van der Waals surface area contributed by atoms with E-state index < -0.39 is 152 Å². The molecule has 12 heterocycles. The van der Waals surface area contributed by atoms with Crippen LogP contribution < -0.4 is 22.1 Å². The van der Waals surface area contributed by atoms with Crippen LogP contribution in [0.2, 0.25) is 0 Å². The highest BCUT2D eigenvalue weighted by atomic mass is 19.3. The maximum atomic E-state index is 14.1. The van der Waals surface area contributed by atoms with Gasteiger partial charge in [-0.05, 0) is 43.5 Å². The topological polar surface area (TPSA) is 492 Å². The predicted octanol–water partition coefficient (Wildman–Crippen LogP) is 7.09. The van der Waals surface area contributed by atoms with Crippen molar-refractivity contribution in [1.29, 1.82) is 0 Å². The van der Waals surface area contributed by atoms with Crippen LogP contribution in [0.4, 0.5) is 58.4 Å². The van der Waals surface area contributed by atoms with Crippen LogP contribution in [0.3, 0.4) is 0 Å². The van der Waals surface area contributed by atoms with E-state index in [4.69, 9.17) is 44.6 Å². The van der Waals surface area contributed by atoms with Crippen LogP contribution in [-0.2, 0) is 47.5 Å². The molecule has 16 atom stereocenters. The van der Waals surface area contributed by atoms with Crippen LogP contribution in [-0.4, -0.2) is 220 Å². The number of carbonyl (C=O) groups excluding carboxylic acids is 5. The Bertz CT molecular complexity index is 4890. The van der Waals surface area contributed by atoms with E-state index in [9.17, 15) is 79.5 Å². The molecular formula is C70H80F8N20O16. The van der Waals surface area contributed by atoms with Crippen molar-refractivity contribution in [3.8, 4) is 0 Å². The smallest absolute Gasteiger partial charge is 0.305 e. The minimum atomic E-state index is -3.21. The molecular weight excluding hydrogens is 1530 g/mol. The summed E-state index contributed by atoms with van der Waals surface area (Å²) >= 11 is 0. The number of esters is 3. The maximum Gasteiger partial charge on any atom is 0.305 e. The Morgan fingerprint density at radius 1 is 0.491 bits per heavy atom. The highest BCUT2D eigenvalue weighted by Crippen LogP contribution is 2.51. The minimum absolute atomic E-state index is 0.0140. The van der Waals surface area contributed by atoms with Gasteiger partial charge in [-0.1, -0.05) is 77.9 Å². The largest absolute Gasteiger partial charge is 0.457 e. The Morgan fingerprint density at radius 3 is 1.35 bits per heavy atom. The molecule has 0 saturated carbocycles. The van der Waals surface area contributed by atoms with Crippen LogP contribution in [0.1, 0.15) is 121 Å². The number of anilines is 4. The molecule has 2 amide bonds. The van der Waals surface area contributed by atoms with E-state index in [2.05, 4.69) is 75.4 Å². The first-order valence-electron chi connectivity index (χ1n) is 35.1. The second-order valence-corrected chi connectivity index (χ2v) is 26.5. The van der Waals surface area contributed by atoms with Crippen LogP contribution in [0.25, 0.3) is 44.7 Å². The lowest BCUT2D eigenvalue weighted by molar-refractivity contribution is -0.223. The quantitative estimate of drug-likeness (QED) is 0.0235. The van der Waals surface area contributed by atoms with Gasteiger partial charge in [-0.25, -0.2) is 94.9 Å². The van der Waals surface area contributed by atoms with Gasteiger partial charge in [0, 0.05) is 49.7 Å². The fourth-order valence-corrected chi connectivity index (χ4v) is 13.6. The summed E-state index contributed by atoms with van der Waals surface area (Å²) in [6.45, 7) is 11.7. The fourth-order valence-electron chi connectivity index (χ4n) is 13.6. The van der Waals surface area contributed by atoms with E-state index in [0.717, 1.165) is 24.7 Å². The number of nitrogens with zero attached hydrogens (tertiary/aromatic N) is 15. The van der Waals surface area contributed by atoms with Gasteiger partial charge in [0.15, 0.2) is 87.9 Å². The molecule has 2 aromatic carbocycles. The summed E-state index contributed by atoms with van der Waals surface area (Å²) in [5, 5.41) is 44.9. The number of rotatable bonds is 18. The van der Waals surface area contributed by atoms with E-state index >= 15 is 0 Å². The first kappa shape index (κ1) is 85.1. The monoisotopic (exact) mass is 1610 g/mol. The first-order chi connectivity index (χ1) is 54.2. The molecule has 0 spiro atoms. The summed E-state index contributed by atoms with van der Waals surface area (Å²) in [6, 6.07) is 17.5. The molecule has 114 heavy (non-hydrogen) atoms. The van der Waals surface area contributed by atoms with Gasteiger partial charge >= 0.3 is 17.9 Å². The highest BCUT2D eigenvalue weighted by Gasteiger charge is 2.63. The Hall–Kier alpha value is -11.3. The normalized spacial score (nSPS) is 27.0. The third kappa shape index (κ3) is 16.6. The molecule has 4 fully saturated rings. The zero-order chi connectivity index (χ0) is 83.1. The summed E-state index contributed by atoms with van der Waals surface area (Å²) in [5.41, 5.74) is 7.11. The molecule has 4 aliphatic rings. The third-order valence-corrected chi connectivity index (χ3v) is 20.1. The number of aromatic nitrogens is 16. The van der Waals surface area contributed by atoms with Gasteiger partial charge in [0.05, 0.1) is 31.9 Å². The number of H-pyrrole nitrogens is 1. The van der Waals surface area contributed by atoms with Crippen LogP contribution >= 0.6 is 0 Å². The van der Waals surface area contributed by atoms with E-state index in [1.165, 1.54) is 67.3 Å². The Labute approximate surface area is 640 Å². The first-order valence-corrected chi connectivity index (χ1v) is 35.1. The summed E-state index contributed by atoms with van der Waals surface area (Å²) < 4.78 is 149. The van der Waals surface area contributed by atoms with Gasteiger partial charge < -0.3 is 80.7 Å². The van der Waals surface area contributed by atoms with Gasteiger partial charge in [0.25, 0.3) is 37.5 Å². The van der Waals surface area contributed by atoms with Gasteiger partial charge in [0.1, 0.15) is 77.0 Å². The van der Waals surface area contributed by atoms with Crippen molar-refractivity contribution in [3.63, 3.8) is 0 Å². The average molecular weight is 1610 g/mol. The number of imidazole rings is 4. The standard InChI is InChI=1S/C22H23F2N5O4.C13H17F2N5O2.C12H18F2O5.C12H9N5O.C11H13F2N5O4/c1-4-22(21(23)24)12(2)16(32-13(3)30)20(33-22)29-11-27-15-17(25-10-26-18(15)29)28-19(31)14-8-6-5-7-9-14;1-3-13(12(14)15)6(2)8(21)11(22-13)20-5-19-7-9(16)17-4-18-10(7)20;1-5-12(11(13)14)6(2)9(17-7(3)15)10(19-12)18-8(4)16;18-12(8-4-2-1-3-5-8)17-11-9-10(14-6-13-9)15-7-16-11;12-10(13)11(1-19)6(21)5(20)9(22-11)18-3-17-4-7(14)15-2-16-8(4)18/h5-12,16,20-21H,4H2,1-3H3,(H,25,26,28,31);4-6,8,11-12,21H,3H2,1-2H3,(H2,16,17,18);6,9-11H,5H2,1-4H3;1-7H,(H2,13,14,15,16,17,18);2-3,5-6,9-10,19-21H,1H2,(H2,14,15,16)/t12-,16+,20+,22+;6-,8+,11+,13+;6-,9+,10-,12+;;5-,6+,9-,11-/m000.1/s1. The summed E-state index contributed by atoms with van der Waals surface area (Å²) in [5.74, 6) is -4.05. The Morgan fingerprint density at radius 2 is 0.886 bits per heavy atom. The van der Waals surface area contributed by atoms with Crippen molar-refractivity contribution < 1.29 is 113 Å². The van der Waals surface area contributed by atoms with Gasteiger partial charge in [-0.15, -0.1) is 0 Å². The van der Waals surface area contributed by atoms with Crippen molar-refractivity contribution >= 4 is 97.6 Å². The number of aliphatic hydroxyl groups is 4. The number of nitrogen functional groups attached to an aromatic ring is 2. The number of amides is 2. The second-order valence-electron chi connectivity index (χ2n) is 26.5. The van der Waals surface area contributed by atoms with E-state index in [1.807, 2.05) is 6.07 Å². The number of carbonyl (C=O) groups is 5. The fraction of sp³-hybridized carbons (Fsp3) is 0.471. The number of nitrogens with one attached hydrogen (secondary N) is 3. The molecule has 612 valence electrons. The van der Waals surface area contributed by atoms with Crippen molar-refractivity contribution in [1.82, 2.24) is 78.5 Å². The van der Waals surface area contributed by atoms with Crippen molar-refractivity contribution in [2.75, 3.05) is 28.7 Å². The summed E-state index contributed by atoms with van der Waals surface area (Å²) in [4.78, 5) is 109. The molecule has 10 aromatic rings. The van der Waals surface area contributed by atoms with E-state index in [0.29, 0.717) is 39.3 Å². The number of hydrogen-bond acceptors (Lipinski definition) is 30. The zero-order valence-corrected chi connectivity index (χ0v) is 62.0. The number of halogens is 8. The number of fused-ring (bicyclic) bond motifs is 4. The molecule has 0 aliphatic carbocycles. The van der Waals surface area contributed by atoms with Crippen molar-refractivity contribution in [3.05, 3.63) is 122 Å². The van der Waals surface area contributed by atoms with Crippen molar-refractivity contribution in [2.24, 2.45) is 17.8 Å². The van der Waals surface area contributed by atoms with Crippen molar-refractivity contribution in [2.45, 2.75) is 185 Å². The molecule has 44 heteroatoms. The predicted molar refractivity (Wildman–Crippen MR) is 382 cm³/mol. The number of alkyl halides is 8. The SMILES string of the molecule is CC[C@@]1(C(F)F)O[C@@H](n2cnc3c(N)ncnc32)[C@H](O)[C@@H]1C.CC[C@@]1(C(F)F)O[C@@H](n2cnc3c(NC(=O)c4ccccc4)ncnc32)[C@H](OC(C)=O)[C@@H]1C.CC[C@@]1(C(F)F)O[C@H](OC(C)=O)[C@H](OC(C)=O)[C@@H]1C.Nc1ncnc2c1ncn2[C@@H]1O[C@@](CO)(C(F)F)[C@@H](O)[C@H]1O.O=C(Nc1ncnc2nc[nH]c12)c1ccccc1. The number of aromatic amines is 1. The number of ether oxygens (including phenoxy) is 7. The molecule has 11 N–H and O–H groups in total. The lowest BCUT2D eigenvalue weighted by Crippen LogP contribution is -2.52. The molecule has 14 rings (SSSR count). The van der Waals surface area contributed by atoms with Crippen LogP contribution in [0.5, 0.6) is 0 Å². The third-order valence-electron chi connectivity index (χ3n) is 20.1. The molecule has 0 radical (unpaired) electrons. The average Bonchev–Trinajstić information content (AvgIpc) is 1.60. The lowest BCUT2D eigenvalue weighted by atomic mass is 9.85. The van der Waals surface area contributed by atoms with Gasteiger partial charge in [0.2, 0.25) is 6.29 Å². The molecule has 0 bridgehead atoms. The highest BCUT2D eigenvalue weighted by molar-refractivity contribution is 6.07. The van der Waals surface area contributed by atoms with E-state index in [-0.39, 0.29) is 65.0 Å². The number of nitrogens with two attached hydrogens (primary N) is 2. The lowest BCUT2D eigenvalue weighted by Gasteiger charge is -2.30. The Balaban J connectivity index is 0.000000154. The molecule has 4 aliphatic heterocycles. The van der Waals surface area contributed by atoms with Gasteiger partial charge in [-0.2, -0.15) is 0 Å². The maximum absolute atomic E-state index is 14.1. The molecule has 4 saturated heterocycles. The Kier molecular flexibility index (Phi) is 26.4.